The topological polar surface area (TPSA) is 158 Å². The molecule has 0 aliphatic carbocycles. The van der Waals surface area contributed by atoms with Gasteiger partial charge in [-0.15, -0.1) is 0 Å². The number of rotatable bonds is 11. The minimum atomic E-state index is -5.08. The van der Waals surface area contributed by atoms with Gasteiger partial charge in [-0.05, 0) is 89.5 Å². The minimum absolute atomic E-state index is 0.124. The Morgan fingerprint density at radius 3 is 2.00 bits per heavy atom. The number of nitrogens with one attached hydrogen (secondary N) is 3. The van der Waals surface area contributed by atoms with Gasteiger partial charge in [-0.1, -0.05) is 36.7 Å². The van der Waals surface area contributed by atoms with E-state index in [1.54, 1.807) is 0 Å². The number of carboxylic acid groups (broad SMARTS) is 2. The molecule has 1 aliphatic rings. The number of halogens is 7. The zero-order chi connectivity index (χ0) is 42.7. The van der Waals surface area contributed by atoms with Crippen molar-refractivity contribution in [2.24, 2.45) is 5.92 Å². The lowest BCUT2D eigenvalue weighted by Crippen LogP contribution is -2.56. The number of urea groups is 1. The lowest BCUT2D eigenvalue weighted by molar-refractivity contribution is -0.193. The van der Waals surface area contributed by atoms with Gasteiger partial charge in [0.2, 0.25) is 5.91 Å². The van der Waals surface area contributed by atoms with Crippen LogP contribution in [-0.2, 0) is 20.8 Å². The van der Waals surface area contributed by atoms with Crippen LogP contribution >= 0.6 is 11.6 Å². The summed E-state index contributed by atoms with van der Waals surface area (Å²) < 4.78 is 63.5. The van der Waals surface area contributed by atoms with Crippen molar-refractivity contribution in [3.63, 3.8) is 0 Å². The Hall–Kier alpha value is -4.55. The first-order valence-electron chi connectivity index (χ1n) is 17.6. The van der Waals surface area contributed by atoms with Crippen LogP contribution in [0.15, 0.2) is 48.7 Å². The van der Waals surface area contributed by atoms with Crippen LogP contribution in [0.4, 0.5) is 36.8 Å². The molecular formula is C37H49ClF6N6O6. The van der Waals surface area contributed by atoms with Crippen LogP contribution in [0.2, 0.25) is 5.02 Å². The molecule has 4 rings (SSSR count). The summed E-state index contributed by atoms with van der Waals surface area (Å²) in [4.78, 5) is 55.4. The third-order valence-electron chi connectivity index (χ3n) is 8.80. The molecule has 0 spiro atoms. The number of nitrogens with zero attached hydrogens (tertiary/aromatic N) is 3. The number of aromatic nitrogens is 1. The molecule has 5 N–H and O–H groups in total. The Balaban J connectivity index is 0.000000657. The van der Waals surface area contributed by atoms with Gasteiger partial charge in [0.15, 0.2) is 0 Å². The van der Waals surface area contributed by atoms with E-state index in [0.717, 1.165) is 47.2 Å². The van der Waals surface area contributed by atoms with Gasteiger partial charge in [0.1, 0.15) is 6.04 Å². The van der Waals surface area contributed by atoms with Crippen LogP contribution in [-0.4, -0.2) is 120 Å². The second-order valence-electron chi connectivity index (χ2n) is 14.0. The maximum Gasteiger partial charge on any atom is 0.490 e. The molecule has 0 saturated carbocycles. The second-order valence-corrected chi connectivity index (χ2v) is 14.5. The number of aromatic amines is 1. The standard InChI is InChI=1S/C33H47ClN6O2.2C2HF3O2/c1-21(2)39(22(3)4)15-14-35-33(42)37-31(23(5)28-18-36-29-11-9-8-10-27(28)29)32(41)40-20-24(19-38(6)7)16-25-17-26(34)12-13-30(25)40;2*3-2(4,5)1(6)7/h8-13,17-18,21-24,31,36H,14-16,19-20H2,1-7H3,(H2,35,37,42);2*(H,6,7)/t23?,24-,31?;;/m1../s1. The molecule has 19 heteroatoms. The molecule has 1 aliphatic heterocycles. The zero-order valence-corrected chi connectivity index (χ0v) is 32.8. The first-order valence-corrected chi connectivity index (χ1v) is 17.9. The van der Waals surface area contributed by atoms with Crippen molar-refractivity contribution in [3.05, 3.63) is 64.8 Å². The van der Waals surface area contributed by atoms with Crippen LogP contribution in [0.3, 0.4) is 0 Å². The van der Waals surface area contributed by atoms with Gasteiger partial charge in [-0.2, -0.15) is 26.3 Å². The maximum atomic E-state index is 14.6. The summed E-state index contributed by atoms with van der Waals surface area (Å²) in [6.45, 7) is 13.3. The number of fused-ring (bicyclic) bond motifs is 2. The predicted octanol–water partition coefficient (Wildman–Crippen LogP) is 6.75. The van der Waals surface area contributed by atoms with E-state index >= 15 is 0 Å². The zero-order valence-electron chi connectivity index (χ0n) is 32.1. The lowest BCUT2D eigenvalue weighted by Gasteiger charge is -2.38. The Labute approximate surface area is 326 Å². The Morgan fingerprint density at radius 2 is 1.48 bits per heavy atom. The summed E-state index contributed by atoms with van der Waals surface area (Å²) in [5.41, 5.74) is 3.91. The van der Waals surface area contributed by atoms with E-state index in [-0.39, 0.29) is 23.8 Å². The van der Waals surface area contributed by atoms with Crippen molar-refractivity contribution >= 4 is 52.1 Å². The van der Waals surface area contributed by atoms with Crippen molar-refractivity contribution in [1.29, 1.82) is 0 Å². The molecule has 0 saturated heterocycles. The fourth-order valence-electron chi connectivity index (χ4n) is 6.38. The molecule has 3 amide bonds. The predicted molar refractivity (Wildman–Crippen MR) is 201 cm³/mol. The fraction of sp³-hybridized carbons (Fsp3) is 0.514. The van der Waals surface area contributed by atoms with Crippen molar-refractivity contribution in [2.45, 2.75) is 77.4 Å². The van der Waals surface area contributed by atoms with Crippen LogP contribution in [0.5, 0.6) is 0 Å². The number of aliphatic carboxylic acids is 2. The second kappa shape index (κ2) is 20.6. The SMILES string of the molecule is CC(c1c[nH]c2ccccc12)C(NC(=O)NCCN(C(C)C)C(C)C)C(=O)N1C[C@@H](CN(C)C)Cc2cc(Cl)ccc21.O=C(O)C(F)(F)F.O=C(O)C(F)(F)F. The van der Waals surface area contributed by atoms with Crippen molar-refractivity contribution in [3.8, 4) is 0 Å². The number of benzene rings is 2. The highest BCUT2D eigenvalue weighted by Gasteiger charge is 2.39. The number of carbonyl (C=O) groups is 4. The number of amides is 3. The van der Waals surface area contributed by atoms with Crippen LogP contribution in [0.25, 0.3) is 10.9 Å². The molecule has 312 valence electrons. The Kier molecular flexibility index (Phi) is 17.5. The van der Waals surface area contributed by atoms with E-state index in [0.29, 0.717) is 30.2 Å². The van der Waals surface area contributed by atoms with E-state index < -0.39 is 30.3 Å². The molecule has 0 radical (unpaired) electrons. The van der Waals surface area contributed by atoms with Crippen LogP contribution in [0, 0.1) is 5.92 Å². The van der Waals surface area contributed by atoms with E-state index in [2.05, 4.69) is 59.2 Å². The number of anilines is 1. The number of hydrogen-bond donors (Lipinski definition) is 5. The summed E-state index contributed by atoms with van der Waals surface area (Å²) in [5, 5.41) is 22.1. The molecule has 12 nitrogen and oxygen atoms in total. The maximum absolute atomic E-state index is 14.6. The summed E-state index contributed by atoms with van der Waals surface area (Å²) in [5.74, 6) is -5.68. The van der Waals surface area contributed by atoms with Gasteiger partial charge < -0.3 is 35.6 Å². The smallest absolute Gasteiger partial charge is 0.475 e. The van der Waals surface area contributed by atoms with E-state index in [9.17, 15) is 35.9 Å². The average Bonchev–Trinajstić information content (AvgIpc) is 3.51. The van der Waals surface area contributed by atoms with Crippen LogP contribution in [0.1, 0.15) is 51.7 Å². The summed E-state index contributed by atoms with van der Waals surface area (Å²) in [7, 11) is 4.10. The molecule has 2 heterocycles. The molecular weight excluding hydrogens is 774 g/mol. The van der Waals surface area contributed by atoms with Gasteiger partial charge >= 0.3 is 30.3 Å². The molecule has 2 unspecified atom stereocenters. The number of hydrogen-bond acceptors (Lipinski definition) is 6. The van der Waals surface area contributed by atoms with E-state index in [4.69, 9.17) is 31.4 Å². The summed E-state index contributed by atoms with van der Waals surface area (Å²) in [6.07, 6.45) is -7.37. The first kappa shape index (κ1) is 47.6. The van der Waals surface area contributed by atoms with Crippen LogP contribution < -0.4 is 15.5 Å². The normalized spacial score (nSPS) is 15.4. The van der Waals surface area contributed by atoms with Gasteiger partial charge in [0.05, 0.1) is 0 Å². The van der Waals surface area contributed by atoms with Crippen molar-refractivity contribution < 1.29 is 55.7 Å². The number of carbonyl (C=O) groups excluding carboxylic acids is 2. The largest absolute Gasteiger partial charge is 0.490 e. The monoisotopic (exact) mass is 822 g/mol. The summed E-state index contributed by atoms with van der Waals surface area (Å²) in [6, 6.07) is 13.4. The average molecular weight is 823 g/mol. The molecule has 3 atom stereocenters. The Morgan fingerprint density at radius 1 is 0.929 bits per heavy atom. The fourth-order valence-corrected chi connectivity index (χ4v) is 6.58. The van der Waals surface area contributed by atoms with Crippen molar-refractivity contribution in [1.82, 2.24) is 25.4 Å². The molecule has 0 fully saturated rings. The van der Waals surface area contributed by atoms with E-state index in [1.165, 1.54) is 0 Å². The third kappa shape index (κ3) is 14.2. The highest BCUT2D eigenvalue weighted by Crippen LogP contribution is 2.35. The Bertz CT molecular complexity index is 1750. The minimum Gasteiger partial charge on any atom is -0.475 e. The van der Waals surface area contributed by atoms with E-state index in [1.807, 2.05) is 68.5 Å². The third-order valence-corrected chi connectivity index (χ3v) is 9.04. The first-order chi connectivity index (χ1) is 25.8. The highest BCUT2D eigenvalue weighted by atomic mass is 35.5. The molecule has 56 heavy (non-hydrogen) atoms. The highest BCUT2D eigenvalue weighted by molar-refractivity contribution is 6.30. The quantitative estimate of drug-likeness (QED) is 0.133. The summed E-state index contributed by atoms with van der Waals surface area (Å²) >= 11 is 6.39. The number of H-pyrrole nitrogens is 1. The molecule has 1 aromatic heterocycles. The lowest BCUT2D eigenvalue weighted by atomic mass is 9.88. The van der Waals surface area contributed by atoms with Gasteiger partial charge in [0, 0.05) is 72.0 Å². The molecule has 0 bridgehead atoms. The van der Waals surface area contributed by atoms with Gasteiger partial charge in [-0.3, -0.25) is 9.69 Å². The van der Waals surface area contributed by atoms with Crippen molar-refractivity contribution in [2.75, 3.05) is 45.2 Å². The molecule has 3 aromatic rings. The number of alkyl halides is 6. The van der Waals surface area contributed by atoms with Gasteiger partial charge in [0.25, 0.3) is 0 Å². The van der Waals surface area contributed by atoms with Gasteiger partial charge in [-0.25, -0.2) is 14.4 Å². The number of carboxylic acids is 2. The number of para-hydroxylation sites is 1. The molecule has 2 aromatic carbocycles.